The number of carbonyl (C=O) groups is 1. The summed E-state index contributed by atoms with van der Waals surface area (Å²) in [6, 6.07) is 12.6. The Hall–Kier alpha value is -3.18. The van der Waals surface area contributed by atoms with Crippen molar-refractivity contribution in [3.63, 3.8) is 0 Å². The van der Waals surface area contributed by atoms with Gasteiger partial charge in [-0.3, -0.25) is 9.89 Å². The van der Waals surface area contributed by atoms with Crippen LogP contribution in [0.5, 0.6) is 0 Å². The monoisotopic (exact) mass is 353 g/mol. The number of thioether (sulfide) groups is 1. The lowest BCUT2D eigenvalue weighted by molar-refractivity contribution is 0.102. The first-order valence-electron chi connectivity index (χ1n) is 7.24. The molecule has 0 unspecified atom stereocenters. The third-order valence-corrected chi connectivity index (χ3v) is 4.27. The van der Waals surface area contributed by atoms with Gasteiger partial charge in [-0.15, -0.1) is 0 Å². The molecule has 2 aromatic carbocycles. The lowest BCUT2D eigenvalue weighted by atomic mass is 10.1. The van der Waals surface area contributed by atoms with Gasteiger partial charge >= 0.3 is 0 Å². The fourth-order valence-corrected chi connectivity index (χ4v) is 2.84. The summed E-state index contributed by atoms with van der Waals surface area (Å²) in [4.78, 5) is 16.3. The average molecular weight is 353 g/mol. The van der Waals surface area contributed by atoms with Crippen LogP contribution in [0, 0.1) is 17.1 Å². The van der Waals surface area contributed by atoms with Gasteiger partial charge in [-0.25, -0.2) is 9.37 Å². The number of hydrogen-bond donors (Lipinski definition) is 2. The highest BCUT2D eigenvalue weighted by Gasteiger charge is 2.12. The van der Waals surface area contributed by atoms with E-state index < -0.39 is 11.7 Å². The van der Waals surface area contributed by atoms with E-state index in [4.69, 9.17) is 5.26 Å². The van der Waals surface area contributed by atoms with Gasteiger partial charge in [0.05, 0.1) is 11.1 Å². The maximum Gasteiger partial charge on any atom is 0.257 e. The number of aromatic amines is 1. The standard InChI is InChI=1S/C17H12FN5OS/c18-13-3-6-15(12(7-13)8-19)16(24)22-14-4-1-11(2-5-14)9-25-17-20-10-21-23-17/h1-7,10H,9H2,(H,22,24)(H,20,21,23). The number of carbonyl (C=O) groups excluding carboxylic acids is 1. The summed E-state index contributed by atoms with van der Waals surface area (Å²) in [6.07, 6.45) is 1.45. The van der Waals surface area contributed by atoms with Crippen LogP contribution in [0.4, 0.5) is 10.1 Å². The van der Waals surface area contributed by atoms with E-state index in [1.807, 2.05) is 18.2 Å². The second-order valence-corrected chi connectivity index (χ2v) is 6.00. The lowest BCUT2D eigenvalue weighted by Crippen LogP contribution is -2.13. The molecular formula is C17H12FN5OS. The summed E-state index contributed by atoms with van der Waals surface area (Å²) in [5.74, 6) is -0.304. The molecule has 0 radical (unpaired) electrons. The first-order valence-corrected chi connectivity index (χ1v) is 8.22. The van der Waals surface area contributed by atoms with Gasteiger partial charge in [0.15, 0.2) is 5.16 Å². The minimum atomic E-state index is -0.554. The molecule has 124 valence electrons. The molecule has 2 N–H and O–H groups in total. The molecule has 0 aliphatic heterocycles. The summed E-state index contributed by atoms with van der Waals surface area (Å²) in [5.41, 5.74) is 1.77. The Morgan fingerprint density at radius 2 is 2.08 bits per heavy atom. The third-order valence-electron chi connectivity index (χ3n) is 3.33. The third kappa shape index (κ3) is 4.22. The highest BCUT2D eigenvalue weighted by atomic mass is 32.2. The van der Waals surface area contributed by atoms with Crippen molar-refractivity contribution in [1.82, 2.24) is 15.2 Å². The number of anilines is 1. The maximum absolute atomic E-state index is 13.1. The predicted octanol–water partition coefficient (Wildman–Crippen LogP) is 3.36. The summed E-state index contributed by atoms with van der Waals surface area (Å²) < 4.78 is 13.1. The second-order valence-electron chi connectivity index (χ2n) is 5.03. The van der Waals surface area contributed by atoms with Gasteiger partial charge in [0.2, 0.25) is 0 Å². The number of aromatic nitrogens is 3. The summed E-state index contributed by atoms with van der Waals surface area (Å²) in [5, 5.41) is 19.0. The molecule has 0 aliphatic rings. The Labute approximate surface area is 147 Å². The lowest BCUT2D eigenvalue weighted by Gasteiger charge is -2.07. The first kappa shape index (κ1) is 16.7. The predicted molar refractivity (Wildman–Crippen MR) is 91.5 cm³/mol. The molecule has 8 heteroatoms. The highest BCUT2D eigenvalue weighted by Crippen LogP contribution is 2.20. The van der Waals surface area contributed by atoms with Crippen LogP contribution in [0.1, 0.15) is 21.5 Å². The van der Waals surface area contributed by atoms with Crippen LogP contribution < -0.4 is 5.32 Å². The molecule has 1 aromatic heterocycles. The topological polar surface area (TPSA) is 94.5 Å². The van der Waals surface area contributed by atoms with Crippen LogP contribution in [0.15, 0.2) is 53.9 Å². The SMILES string of the molecule is N#Cc1cc(F)ccc1C(=O)Nc1ccc(CSc2ncn[nH]2)cc1. The first-order chi connectivity index (χ1) is 12.2. The molecule has 1 amide bonds. The van der Waals surface area contributed by atoms with Gasteiger partial charge in [0.1, 0.15) is 18.2 Å². The average Bonchev–Trinajstić information content (AvgIpc) is 3.14. The molecular weight excluding hydrogens is 341 g/mol. The Morgan fingerprint density at radius 1 is 1.28 bits per heavy atom. The van der Waals surface area contributed by atoms with Crippen molar-refractivity contribution in [1.29, 1.82) is 5.26 Å². The molecule has 6 nitrogen and oxygen atoms in total. The number of nitriles is 1. The van der Waals surface area contributed by atoms with E-state index in [-0.39, 0.29) is 11.1 Å². The van der Waals surface area contributed by atoms with Crippen LogP contribution in [0.25, 0.3) is 0 Å². The van der Waals surface area contributed by atoms with Crippen LogP contribution in [-0.2, 0) is 5.75 Å². The summed E-state index contributed by atoms with van der Waals surface area (Å²) >= 11 is 1.52. The van der Waals surface area contributed by atoms with E-state index in [1.165, 1.54) is 24.2 Å². The number of halogens is 1. The van der Waals surface area contributed by atoms with E-state index in [0.29, 0.717) is 11.4 Å². The summed E-state index contributed by atoms with van der Waals surface area (Å²) in [6.45, 7) is 0. The Balaban J connectivity index is 1.65. The number of rotatable bonds is 5. The number of nitrogens with one attached hydrogen (secondary N) is 2. The minimum absolute atomic E-state index is 0.00224. The smallest absolute Gasteiger partial charge is 0.257 e. The molecule has 0 atom stereocenters. The van der Waals surface area contributed by atoms with E-state index >= 15 is 0 Å². The Bertz CT molecular complexity index is 919. The zero-order valence-electron chi connectivity index (χ0n) is 12.9. The van der Waals surface area contributed by atoms with Gasteiger partial charge in [0, 0.05) is 11.4 Å². The fraction of sp³-hybridized carbons (Fsp3) is 0.0588. The maximum atomic E-state index is 13.1. The zero-order chi connectivity index (χ0) is 17.6. The normalized spacial score (nSPS) is 10.2. The van der Waals surface area contributed by atoms with Crippen LogP contribution in [0.2, 0.25) is 0 Å². The fourth-order valence-electron chi connectivity index (χ4n) is 2.11. The quantitative estimate of drug-likeness (QED) is 0.686. The Kier molecular flexibility index (Phi) is 5.06. The molecule has 3 rings (SSSR count). The van der Waals surface area contributed by atoms with Crippen molar-refractivity contribution >= 4 is 23.4 Å². The number of benzene rings is 2. The summed E-state index contributed by atoms with van der Waals surface area (Å²) in [7, 11) is 0. The molecule has 3 aromatic rings. The van der Waals surface area contributed by atoms with Gasteiger partial charge in [0.25, 0.3) is 5.91 Å². The number of H-pyrrole nitrogens is 1. The molecule has 1 heterocycles. The minimum Gasteiger partial charge on any atom is -0.322 e. The molecule has 0 aliphatic carbocycles. The number of nitrogens with zero attached hydrogens (tertiary/aromatic N) is 3. The van der Waals surface area contributed by atoms with Crippen LogP contribution in [0.3, 0.4) is 0 Å². The molecule has 0 saturated carbocycles. The molecule has 0 spiro atoms. The largest absolute Gasteiger partial charge is 0.322 e. The van der Waals surface area contributed by atoms with Gasteiger partial charge in [-0.05, 0) is 35.9 Å². The van der Waals surface area contributed by atoms with Crippen molar-refractivity contribution in [2.45, 2.75) is 10.9 Å². The van der Waals surface area contributed by atoms with Crippen molar-refractivity contribution < 1.29 is 9.18 Å². The molecule has 0 bridgehead atoms. The van der Waals surface area contributed by atoms with E-state index in [0.717, 1.165) is 22.9 Å². The molecule has 0 saturated heterocycles. The van der Waals surface area contributed by atoms with Crippen molar-refractivity contribution in [2.24, 2.45) is 0 Å². The van der Waals surface area contributed by atoms with Crippen molar-refractivity contribution in [3.8, 4) is 6.07 Å². The molecule has 0 fully saturated rings. The van der Waals surface area contributed by atoms with E-state index in [9.17, 15) is 9.18 Å². The number of hydrogen-bond acceptors (Lipinski definition) is 5. The van der Waals surface area contributed by atoms with Crippen molar-refractivity contribution in [2.75, 3.05) is 5.32 Å². The van der Waals surface area contributed by atoms with Crippen LogP contribution >= 0.6 is 11.8 Å². The van der Waals surface area contributed by atoms with Gasteiger partial charge < -0.3 is 5.32 Å². The second kappa shape index (κ2) is 7.59. The molecule has 25 heavy (non-hydrogen) atoms. The zero-order valence-corrected chi connectivity index (χ0v) is 13.7. The van der Waals surface area contributed by atoms with E-state index in [1.54, 1.807) is 12.1 Å². The van der Waals surface area contributed by atoms with Gasteiger partial charge in [-0.1, -0.05) is 23.9 Å². The van der Waals surface area contributed by atoms with Gasteiger partial charge in [-0.2, -0.15) is 10.4 Å². The Morgan fingerprint density at radius 3 is 2.76 bits per heavy atom. The van der Waals surface area contributed by atoms with Crippen LogP contribution in [-0.4, -0.2) is 21.1 Å². The number of amides is 1. The highest BCUT2D eigenvalue weighted by molar-refractivity contribution is 7.98. The van der Waals surface area contributed by atoms with Crippen molar-refractivity contribution in [3.05, 3.63) is 71.3 Å². The van der Waals surface area contributed by atoms with E-state index in [2.05, 4.69) is 20.5 Å².